The highest BCUT2D eigenvalue weighted by atomic mass is 16.5. The zero-order chi connectivity index (χ0) is 23.8. The van der Waals surface area contributed by atoms with E-state index in [2.05, 4.69) is 5.32 Å². The summed E-state index contributed by atoms with van der Waals surface area (Å²) in [5, 5.41) is 2.76. The van der Waals surface area contributed by atoms with E-state index < -0.39 is 11.1 Å². The van der Waals surface area contributed by atoms with E-state index in [4.69, 9.17) is 14.2 Å². The van der Waals surface area contributed by atoms with Gasteiger partial charge < -0.3 is 19.5 Å². The highest BCUT2D eigenvalue weighted by Gasteiger charge is 2.11. The fraction of sp³-hybridized carbons (Fsp3) is 0.292. The predicted molar refractivity (Wildman–Crippen MR) is 124 cm³/mol. The molecule has 9 heteroatoms. The van der Waals surface area contributed by atoms with Crippen LogP contribution in [0.4, 0.5) is 0 Å². The number of aromatic nitrogens is 2. The van der Waals surface area contributed by atoms with Crippen LogP contribution in [0, 0.1) is 0 Å². The lowest BCUT2D eigenvalue weighted by Gasteiger charge is -2.11. The Bertz CT molecular complexity index is 1210. The molecule has 1 aromatic heterocycles. The van der Waals surface area contributed by atoms with Crippen LogP contribution in [0.5, 0.6) is 17.2 Å². The number of methoxy groups -OCH3 is 2. The van der Waals surface area contributed by atoms with E-state index in [1.54, 1.807) is 44.6 Å². The zero-order valence-corrected chi connectivity index (χ0v) is 18.9. The van der Waals surface area contributed by atoms with Crippen molar-refractivity contribution in [2.75, 3.05) is 27.4 Å². The molecule has 33 heavy (non-hydrogen) atoms. The molecular formula is C24H27N3O6. The number of nitrogens with zero attached hydrogens (tertiary/aromatic N) is 2. The van der Waals surface area contributed by atoms with Gasteiger partial charge >= 0.3 is 11.1 Å². The number of rotatable bonds is 10. The molecule has 1 amide bonds. The monoisotopic (exact) mass is 453 g/mol. The SMILES string of the molecule is CCOc1ccc(-n2ccn(CC(=O)NCCc3ccc(OC)c(OC)c3)c(=O)c2=O)cc1. The highest BCUT2D eigenvalue weighted by Crippen LogP contribution is 2.27. The van der Waals surface area contributed by atoms with Crippen LogP contribution in [0.1, 0.15) is 12.5 Å². The first-order valence-corrected chi connectivity index (χ1v) is 10.5. The highest BCUT2D eigenvalue weighted by molar-refractivity contribution is 5.75. The molecule has 0 radical (unpaired) electrons. The molecule has 1 heterocycles. The fourth-order valence-corrected chi connectivity index (χ4v) is 3.30. The molecule has 174 valence electrons. The minimum absolute atomic E-state index is 0.246. The van der Waals surface area contributed by atoms with Gasteiger partial charge in [-0.3, -0.25) is 23.5 Å². The van der Waals surface area contributed by atoms with Gasteiger partial charge in [0.2, 0.25) is 5.91 Å². The van der Waals surface area contributed by atoms with E-state index in [9.17, 15) is 14.4 Å². The molecule has 0 fully saturated rings. The lowest BCUT2D eigenvalue weighted by atomic mass is 10.1. The Labute approximate surface area is 191 Å². The molecule has 0 saturated carbocycles. The molecule has 0 aliphatic carbocycles. The van der Waals surface area contributed by atoms with Crippen molar-refractivity contribution in [3.63, 3.8) is 0 Å². The Hall–Kier alpha value is -4.01. The quantitative estimate of drug-likeness (QED) is 0.470. The number of carbonyl (C=O) groups is 1. The second kappa shape index (κ2) is 11.0. The number of nitrogens with one attached hydrogen (secondary N) is 1. The lowest BCUT2D eigenvalue weighted by molar-refractivity contribution is -0.121. The maximum Gasteiger partial charge on any atom is 0.320 e. The maximum absolute atomic E-state index is 12.5. The molecular weight excluding hydrogens is 426 g/mol. The average molecular weight is 453 g/mol. The smallest absolute Gasteiger partial charge is 0.320 e. The van der Waals surface area contributed by atoms with Gasteiger partial charge in [-0.15, -0.1) is 0 Å². The third-order valence-corrected chi connectivity index (χ3v) is 4.98. The van der Waals surface area contributed by atoms with Gasteiger partial charge in [0.05, 0.1) is 20.8 Å². The van der Waals surface area contributed by atoms with Gasteiger partial charge in [0.1, 0.15) is 12.3 Å². The van der Waals surface area contributed by atoms with Crippen molar-refractivity contribution in [3.05, 3.63) is 81.1 Å². The molecule has 3 aromatic rings. The molecule has 2 aromatic carbocycles. The van der Waals surface area contributed by atoms with Crippen molar-refractivity contribution in [3.8, 4) is 22.9 Å². The topological polar surface area (TPSA) is 101 Å². The summed E-state index contributed by atoms with van der Waals surface area (Å²) < 4.78 is 18.2. The first kappa shape index (κ1) is 23.6. The Balaban J connectivity index is 1.61. The Morgan fingerprint density at radius 2 is 1.67 bits per heavy atom. The summed E-state index contributed by atoms with van der Waals surface area (Å²) in [7, 11) is 3.13. The number of hydrogen-bond donors (Lipinski definition) is 1. The van der Waals surface area contributed by atoms with Crippen molar-refractivity contribution in [2.24, 2.45) is 0 Å². The van der Waals surface area contributed by atoms with E-state index >= 15 is 0 Å². The summed E-state index contributed by atoms with van der Waals surface area (Å²) in [6.07, 6.45) is 3.46. The van der Waals surface area contributed by atoms with Crippen LogP contribution in [0.15, 0.2) is 64.4 Å². The van der Waals surface area contributed by atoms with Gasteiger partial charge in [-0.05, 0) is 55.3 Å². The standard InChI is InChI=1S/C24H27N3O6/c1-4-33-19-8-6-18(7-9-19)27-14-13-26(23(29)24(27)30)16-22(28)25-12-11-17-5-10-20(31-2)21(15-17)32-3/h5-10,13-15H,4,11-12,16H2,1-3H3,(H,25,28). The van der Waals surface area contributed by atoms with Crippen LogP contribution >= 0.6 is 0 Å². The van der Waals surface area contributed by atoms with Crippen molar-refractivity contribution in [1.82, 2.24) is 14.5 Å². The first-order valence-electron chi connectivity index (χ1n) is 10.5. The van der Waals surface area contributed by atoms with Crippen LogP contribution < -0.4 is 30.6 Å². The van der Waals surface area contributed by atoms with Crippen LogP contribution in [-0.4, -0.2) is 42.4 Å². The summed E-state index contributed by atoms with van der Waals surface area (Å²) in [6, 6.07) is 12.4. The molecule has 0 atom stereocenters. The molecule has 9 nitrogen and oxygen atoms in total. The maximum atomic E-state index is 12.5. The van der Waals surface area contributed by atoms with Crippen LogP contribution in [0.2, 0.25) is 0 Å². The largest absolute Gasteiger partial charge is 0.494 e. The number of amides is 1. The summed E-state index contributed by atoms with van der Waals surface area (Å²) in [5.74, 6) is 1.55. The minimum Gasteiger partial charge on any atom is -0.494 e. The summed E-state index contributed by atoms with van der Waals surface area (Å²) in [4.78, 5) is 37.3. The third kappa shape index (κ3) is 5.82. The predicted octanol–water partition coefficient (Wildman–Crippen LogP) is 1.77. The summed E-state index contributed by atoms with van der Waals surface area (Å²) in [6.45, 7) is 2.53. The molecule has 0 bridgehead atoms. The second-order valence-corrected chi connectivity index (χ2v) is 7.12. The van der Waals surface area contributed by atoms with Crippen molar-refractivity contribution < 1.29 is 19.0 Å². The van der Waals surface area contributed by atoms with E-state index in [1.165, 1.54) is 17.0 Å². The molecule has 1 N–H and O–H groups in total. The Kier molecular flexibility index (Phi) is 7.91. The minimum atomic E-state index is -0.776. The number of ether oxygens (including phenoxy) is 3. The molecule has 0 aliphatic rings. The second-order valence-electron chi connectivity index (χ2n) is 7.12. The van der Waals surface area contributed by atoms with Crippen molar-refractivity contribution in [2.45, 2.75) is 19.9 Å². The molecule has 0 aliphatic heterocycles. The zero-order valence-electron chi connectivity index (χ0n) is 18.9. The van der Waals surface area contributed by atoms with Crippen LogP contribution in [-0.2, 0) is 17.8 Å². The van der Waals surface area contributed by atoms with E-state index in [0.29, 0.717) is 42.5 Å². The average Bonchev–Trinajstić information content (AvgIpc) is 2.83. The van der Waals surface area contributed by atoms with Crippen LogP contribution in [0.3, 0.4) is 0 Å². The normalized spacial score (nSPS) is 10.5. The fourth-order valence-electron chi connectivity index (χ4n) is 3.30. The lowest BCUT2D eigenvalue weighted by Crippen LogP contribution is -2.42. The molecule has 3 rings (SSSR count). The van der Waals surface area contributed by atoms with Gasteiger partial charge in [0.15, 0.2) is 11.5 Å². The number of benzene rings is 2. The first-order chi connectivity index (χ1) is 16.0. The van der Waals surface area contributed by atoms with E-state index in [-0.39, 0.29) is 12.5 Å². The summed E-state index contributed by atoms with van der Waals surface area (Å²) >= 11 is 0. The van der Waals surface area contributed by atoms with Crippen LogP contribution in [0.25, 0.3) is 5.69 Å². The Morgan fingerprint density at radius 1 is 0.939 bits per heavy atom. The van der Waals surface area contributed by atoms with Crippen molar-refractivity contribution >= 4 is 5.91 Å². The number of hydrogen-bond acceptors (Lipinski definition) is 6. The molecule has 0 spiro atoms. The molecule has 0 saturated heterocycles. The third-order valence-electron chi connectivity index (χ3n) is 4.98. The van der Waals surface area contributed by atoms with Gasteiger partial charge in [-0.2, -0.15) is 0 Å². The van der Waals surface area contributed by atoms with Gasteiger partial charge in [0.25, 0.3) is 0 Å². The molecule has 0 unspecified atom stereocenters. The van der Waals surface area contributed by atoms with E-state index in [1.807, 2.05) is 19.1 Å². The van der Waals surface area contributed by atoms with Gasteiger partial charge in [0, 0.05) is 24.6 Å². The van der Waals surface area contributed by atoms with Gasteiger partial charge in [-0.25, -0.2) is 0 Å². The number of carbonyl (C=O) groups excluding carboxylic acids is 1. The van der Waals surface area contributed by atoms with Crippen molar-refractivity contribution in [1.29, 1.82) is 0 Å². The summed E-state index contributed by atoms with van der Waals surface area (Å²) in [5.41, 5.74) is -0.0173. The Morgan fingerprint density at radius 3 is 2.33 bits per heavy atom. The van der Waals surface area contributed by atoms with Gasteiger partial charge in [-0.1, -0.05) is 6.07 Å². The van der Waals surface area contributed by atoms with E-state index in [0.717, 1.165) is 10.1 Å².